The first-order valence-electron chi connectivity index (χ1n) is 9.70. The highest BCUT2D eigenvalue weighted by Gasteiger charge is 2.30. The van der Waals surface area contributed by atoms with Gasteiger partial charge in [-0.3, -0.25) is 0 Å². The van der Waals surface area contributed by atoms with E-state index in [1.165, 1.54) is 0 Å². The zero-order valence-corrected chi connectivity index (χ0v) is 16.9. The third kappa shape index (κ3) is 4.59. The van der Waals surface area contributed by atoms with Gasteiger partial charge in [-0.25, -0.2) is 9.59 Å². The SMILES string of the molecule is CCn1cc(C(C)C(NC(=O)OCc2ccccc2)C(=O)O)c2cc(C)ccc21. The fourth-order valence-corrected chi connectivity index (χ4v) is 3.53. The lowest BCUT2D eigenvalue weighted by molar-refractivity contribution is -0.139. The van der Waals surface area contributed by atoms with Crippen molar-refractivity contribution < 1.29 is 19.4 Å². The van der Waals surface area contributed by atoms with Gasteiger partial charge in [0.15, 0.2) is 0 Å². The second-order valence-electron chi connectivity index (χ2n) is 7.20. The lowest BCUT2D eigenvalue weighted by atomic mass is 9.92. The van der Waals surface area contributed by atoms with Gasteiger partial charge < -0.3 is 19.7 Å². The van der Waals surface area contributed by atoms with Crippen LogP contribution < -0.4 is 5.32 Å². The van der Waals surface area contributed by atoms with E-state index in [9.17, 15) is 14.7 Å². The van der Waals surface area contributed by atoms with Crippen molar-refractivity contribution in [2.24, 2.45) is 0 Å². The molecule has 2 aromatic carbocycles. The number of carboxylic acid groups (broad SMARTS) is 1. The van der Waals surface area contributed by atoms with Crippen LogP contribution in [0.15, 0.2) is 54.7 Å². The highest BCUT2D eigenvalue weighted by Crippen LogP contribution is 2.31. The van der Waals surface area contributed by atoms with Crippen molar-refractivity contribution in [3.8, 4) is 0 Å². The number of hydrogen-bond donors (Lipinski definition) is 2. The lowest BCUT2D eigenvalue weighted by Gasteiger charge is -2.21. The summed E-state index contributed by atoms with van der Waals surface area (Å²) in [4.78, 5) is 24.2. The highest BCUT2D eigenvalue weighted by atomic mass is 16.5. The molecule has 29 heavy (non-hydrogen) atoms. The number of fused-ring (bicyclic) bond motifs is 1. The van der Waals surface area contributed by atoms with E-state index in [1.54, 1.807) is 0 Å². The largest absolute Gasteiger partial charge is 0.480 e. The summed E-state index contributed by atoms with van der Waals surface area (Å²) in [5, 5.41) is 13.3. The van der Waals surface area contributed by atoms with E-state index in [2.05, 4.69) is 16.0 Å². The molecule has 2 atom stereocenters. The van der Waals surface area contributed by atoms with Crippen molar-refractivity contribution in [2.45, 2.75) is 45.9 Å². The monoisotopic (exact) mass is 394 g/mol. The molecule has 0 aliphatic heterocycles. The number of amides is 1. The number of aromatic nitrogens is 1. The van der Waals surface area contributed by atoms with Crippen LogP contribution in [0.1, 0.15) is 36.5 Å². The summed E-state index contributed by atoms with van der Waals surface area (Å²) < 4.78 is 7.30. The van der Waals surface area contributed by atoms with Gasteiger partial charge in [-0.2, -0.15) is 0 Å². The fraction of sp³-hybridized carbons (Fsp3) is 0.304. The molecule has 6 heteroatoms. The number of rotatable bonds is 7. The molecule has 1 amide bonds. The van der Waals surface area contributed by atoms with E-state index >= 15 is 0 Å². The third-order valence-electron chi connectivity index (χ3n) is 5.15. The van der Waals surface area contributed by atoms with Crippen molar-refractivity contribution in [3.63, 3.8) is 0 Å². The molecule has 152 valence electrons. The highest BCUT2D eigenvalue weighted by molar-refractivity contribution is 5.87. The molecule has 3 rings (SSSR count). The van der Waals surface area contributed by atoms with Crippen molar-refractivity contribution >= 4 is 23.0 Å². The Hall–Kier alpha value is -3.28. The van der Waals surface area contributed by atoms with Gasteiger partial charge in [-0.05, 0) is 37.1 Å². The maximum absolute atomic E-state index is 12.2. The Labute approximate surface area is 170 Å². The number of alkyl carbamates (subject to hydrolysis) is 1. The van der Waals surface area contributed by atoms with E-state index in [1.807, 2.05) is 69.4 Å². The van der Waals surface area contributed by atoms with E-state index in [0.29, 0.717) is 0 Å². The second-order valence-corrected chi connectivity index (χ2v) is 7.20. The molecule has 0 aliphatic rings. The van der Waals surface area contributed by atoms with Crippen LogP contribution in [0.5, 0.6) is 0 Å². The summed E-state index contributed by atoms with van der Waals surface area (Å²) >= 11 is 0. The van der Waals surface area contributed by atoms with Crippen LogP contribution in [0.2, 0.25) is 0 Å². The molecular formula is C23H26N2O4. The summed E-state index contributed by atoms with van der Waals surface area (Å²) in [7, 11) is 0. The smallest absolute Gasteiger partial charge is 0.408 e. The molecule has 3 aromatic rings. The number of benzene rings is 2. The van der Waals surface area contributed by atoms with Gasteiger partial charge in [-0.1, -0.05) is 48.9 Å². The van der Waals surface area contributed by atoms with Gasteiger partial charge in [-0.15, -0.1) is 0 Å². The average molecular weight is 394 g/mol. The predicted molar refractivity (Wildman–Crippen MR) is 112 cm³/mol. The minimum atomic E-state index is -1.10. The maximum atomic E-state index is 12.2. The van der Waals surface area contributed by atoms with Crippen LogP contribution in [-0.2, 0) is 22.7 Å². The molecule has 2 unspecified atom stereocenters. The van der Waals surface area contributed by atoms with E-state index in [-0.39, 0.29) is 6.61 Å². The van der Waals surface area contributed by atoms with Crippen molar-refractivity contribution in [1.29, 1.82) is 0 Å². The molecule has 0 radical (unpaired) electrons. The zero-order valence-electron chi connectivity index (χ0n) is 16.9. The number of hydrogen-bond acceptors (Lipinski definition) is 3. The fourth-order valence-electron chi connectivity index (χ4n) is 3.53. The molecule has 0 aliphatic carbocycles. The number of carboxylic acids is 1. The minimum absolute atomic E-state index is 0.0850. The number of carbonyl (C=O) groups is 2. The Morgan fingerprint density at radius 2 is 1.90 bits per heavy atom. The molecule has 0 fully saturated rings. The summed E-state index contributed by atoms with van der Waals surface area (Å²) in [6.07, 6.45) is 1.23. The summed E-state index contributed by atoms with van der Waals surface area (Å²) in [5.74, 6) is -1.53. The molecular weight excluding hydrogens is 368 g/mol. The first-order chi connectivity index (χ1) is 13.9. The Kier molecular flexibility index (Phi) is 6.22. The van der Waals surface area contributed by atoms with Gasteiger partial charge in [0.1, 0.15) is 12.6 Å². The van der Waals surface area contributed by atoms with E-state index in [0.717, 1.165) is 34.1 Å². The Balaban J connectivity index is 1.80. The molecule has 0 bridgehead atoms. The van der Waals surface area contributed by atoms with Gasteiger partial charge in [0.2, 0.25) is 0 Å². The molecule has 2 N–H and O–H groups in total. The van der Waals surface area contributed by atoms with Crippen LogP contribution in [0.4, 0.5) is 4.79 Å². The summed E-state index contributed by atoms with van der Waals surface area (Å²) in [6, 6.07) is 14.3. The van der Waals surface area contributed by atoms with Crippen molar-refractivity contribution in [3.05, 3.63) is 71.4 Å². The van der Waals surface area contributed by atoms with Crippen LogP contribution in [0.3, 0.4) is 0 Å². The first-order valence-corrected chi connectivity index (χ1v) is 9.70. The average Bonchev–Trinajstić information content (AvgIpc) is 3.08. The molecule has 0 saturated heterocycles. The molecule has 1 aromatic heterocycles. The van der Waals surface area contributed by atoms with E-state index in [4.69, 9.17) is 4.74 Å². The van der Waals surface area contributed by atoms with Crippen LogP contribution in [0.25, 0.3) is 10.9 Å². The van der Waals surface area contributed by atoms with Gasteiger partial charge >= 0.3 is 12.1 Å². The molecule has 0 spiro atoms. The number of aliphatic carboxylic acids is 1. The Bertz CT molecular complexity index is 1010. The molecule has 1 heterocycles. The van der Waals surface area contributed by atoms with Gasteiger partial charge in [0.05, 0.1) is 0 Å². The number of carbonyl (C=O) groups excluding carboxylic acids is 1. The van der Waals surface area contributed by atoms with Crippen LogP contribution in [-0.4, -0.2) is 27.8 Å². The van der Waals surface area contributed by atoms with Gasteiger partial charge in [0, 0.05) is 29.6 Å². The third-order valence-corrected chi connectivity index (χ3v) is 5.15. The van der Waals surface area contributed by atoms with Gasteiger partial charge in [0.25, 0.3) is 0 Å². The summed E-state index contributed by atoms with van der Waals surface area (Å²) in [6.45, 7) is 6.72. The summed E-state index contributed by atoms with van der Waals surface area (Å²) in [5.41, 5.74) is 3.88. The molecule has 6 nitrogen and oxygen atoms in total. The number of nitrogens with zero attached hydrogens (tertiary/aromatic N) is 1. The van der Waals surface area contributed by atoms with Crippen LogP contribution >= 0.6 is 0 Å². The number of nitrogens with one attached hydrogen (secondary N) is 1. The van der Waals surface area contributed by atoms with E-state index < -0.39 is 24.0 Å². The minimum Gasteiger partial charge on any atom is -0.480 e. The standard InChI is InChI=1S/C23H26N2O4/c1-4-25-13-19(18-12-15(2)10-11-20(18)25)16(3)21(22(26)27)24-23(28)29-14-17-8-6-5-7-9-17/h5-13,16,21H,4,14H2,1-3H3,(H,24,28)(H,26,27). The van der Waals surface area contributed by atoms with Crippen molar-refractivity contribution in [2.75, 3.05) is 0 Å². The zero-order chi connectivity index (χ0) is 21.0. The number of aryl methyl sites for hydroxylation is 2. The first kappa shape index (κ1) is 20.5. The Morgan fingerprint density at radius 1 is 1.17 bits per heavy atom. The van der Waals surface area contributed by atoms with Crippen molar-refractivity contribution in [1.82, 2.24) is 9.88 Å². The topological polar surface area (TPSA) is 80.6 Å². The maximum Gasteiger partial charge on any atom is 0.408 e. The van der Waals surface area contributed by atoms with Crippen LogP contribution in [0, 0.1) is 6.92 Å². The predicted octanol–water partition coefficient (Wildman–Crippen LogP) is 4.45. The molecule has 0 saturated carbocycles. The number of ether oxygens (including phenoxy) is 1. The Morgan fingerprint density at radius 3 is 2.55 bits per heavy atom. The lowest BCUT2D eigenvalue weighted by Crippen LogP contribution is -2.44. The normalized spacial score (nSPS) is 13.1. The quantitative estimate of drug-likeness (QED) is 0.620. The second kappa shape index (κ2) is 8.82.